The van der Waals surface area contributed by atoms with Crippen molar-refractivity contribution in [2.45, 2.75) is 62.7 Å². The molecule has 2 aromatic rings. The molecule has 0 amide bonds. The largest absolute Gasteiger partial charge is 0.405 e. The van der Waals surface area contributed by atoms with E-state index in [1.54, 1.807) is 15.6 Å². The highest BCUT2D eigenvalue weighted by atomic mass is 32.2. The number of hydrogen-bond acceptors (Lipinski definition) is 6. The molecule has 2 aromatic heterocycles. The lowest BCUT2D eigenvalue weighted by molar-refractivity contribution is -0.115. The van der Waals surface area contributed by atoms with Crippen LogP contribution in [0.5, 0.6) is 0 Å². The Balaban J connectivity index is 1.78. The molecule has 1 fully saturated rings. The Morgan fingerprint density at radius 1 is 1.13 bits per heavy atom. The van der Waals surface area contributed by atoms with E-state index in [9.17, 15) is 22.0 Å². The van der Waals surface area contributed by atoms with Crippen molar-refractivity contribution in [3.63, 3.8) is 0 Å². The number of rotatable bonds is 8. The third kappa shape index (κ3) is 6.68. The lowest BCUT2D eigenvalue weighted by atomic mass is 10.1. The molecule has 0 saturated carbocycles. The number of alkyl halides is 5. The first-order chi connectivity index (χ1) is 14.6. The molecule has 0 aromatic carbocycles. The van der Waals surface area contributed by atoms with Crippen LogP contribution >= 0.6 is 11.8 Å². The van der Waals surface area contributed by atoms with E-state index in [0.29, 0.717) is 28.8 Å². The Morgan fingerprint density at radius 3 is 2.42 bits per heavy atom. The quantitative estimate of drug-likeness (QED) is 0.449. The number of thioether (sulfide) groups is 1. The van der Waals surface area contributed by atoms with Crippen LogP contribution in [0.25, 0.3) is 0 Å². The molecule has 0 aliphatic carbocycles. The highest BCUT2D eigenvalue weighted by Crippen LogP contribution is 2.32. The van der Waals surface area contributed by atoms with Gasteiger partial charge in [0, 0.05) is 56.4 Å². The Morgan fingerprint density at radius 2 is 1.84 bits per heavy atom. The summed E-state index contributed by atoms with van der Waals surface area (Å²) in [6, 6.07) is 3.20. The van der Waals surface area contributed by atoms with Crippen molar-refractivity contribution < 1.29 is 22.0 Å². The summed E-state index contributed by atoms with van der Waals surface area (Å²) in [6.45, 7) is 3.67. The molecule has 1 saturated heterocycles. The van der Waals surface area contributed by atoms with E-state index in [2.05, 4.69) is 20.4 Å². The standard InChI is InChI=1S/C19H25F5N6S/c1-3-16-27-17(28-30(16)4-2)31-11-13-9-14(29-7-5-18(20,21)6-8-29)10-15(26-13)25-12-19(22,23)24/h9-10H,3-8,11-12H2,1-2H3,(H,25,26). The van der Waals surface area contributed by atoms with Gasteiger partial charge in [0.15, 0.2) is 0 Å². The minimum absolute atomic E-state index is 0.0593. The summed E-state index contributed by atoms with van der Waals surface area (Å²) in [5.41, 5.74) is 1.10. The molecule has 172 valence electrons. The van der Waals surface area contributed by atoms with Gasteiger partial charge in [-0.15, -0.1) is 5.10 Å². The molecule has 31 heavy (non-hydrogen) atoms. The summed E-state index contributed by atoms with van der Waals surface area (Å²) in [6.07, 6.45) is -4.24. The molecule has 0 bridgehead atoms. The van der Waals surface area contributed by atoms with Crippen LogP contribution < -0.4 is 10.2 Å². The van der Waals surface area contributed by atoms with E-state index in [1.807, 2.05) is 13.8 Å². The average molecular weight is 465 g/mol. The van der Waals surface area contributed by atoms with Gasteiger partial charge in [0.05, 0.1) is 5.69 Å². The summed E-state index contributed by atoms with van der Waals surface area (Å²) in [5.74, 6) is -1.45. The van der Waals surface area contributed by atoms with Crippen molar-refractivity contribution in [1.29, 1.82) is 0 Å². The highest BCUT2D eigenvalue weighted by Gasteiger charge is 2.34. The molecule has 0 radical (unpaired) electrons. The zero-order valence-electron chi connectivity index (χ0n) is 17.3. The lowest BCUT2D eigenvalue weighted by Gasteiger charge is -2.33. The number of aromatic nitrogens is 4. The van der Waals surface area contributed by atoms with Crippen molar-refractivity contribution in [2.75, 3.05) is 29.9 Å². The molecule has 0 atom stereocenters. The van der Waals surface area contributed by atoms with Crippen molar-refractivity contribution >= 4 is 23.3 Å². The van der Waals surface area contributed by atoms with E-state index in [0.717, 1.165) is 12.2 Å². The summed E-state index contributed by atoms with van der Waals surface area (Å²) in [7, 11) is 0. The summed E-state index contributed by atoms with van der Waals surface area (Å²) in [4.78, 5) is 10.5. The zero-order chi connectivity index (χ0) is 22.6. The van der Waals surface area contributed by atoms with Crippen LogP contribution in [0.1, 0.15) is 38.2 Å². The SMILES string of the molecule is CCc1nc(SCc2cc(N3CCC(F)(F)CC3)cc(NCC(F)(F)F)n2)nn1CC. The third-order valence-electron chi connectivity index (χ3n) is 4.89. The van der Waals surface area contributed by atoms with E-state index in [-0.39, 0.29) is 31.7 Å². The topological polar surface area (TPSA) is 58.9 Å². The molecule has 1 aliphatic heterocycles. The van der Waals surface area contributed by atoms with Crippen LogP contribution in [0.4, 0.5) is 33.5 Å². The van der Waals surface area contributed by atoms with Gasteiger partial charge in [0.25, 0.3) is 5.92 Å². The normalized spacial score (nSPS) is 16.5. The monoisotopic (exact) mass is 464 g/mol. The second kappa shape index (κ2) is 9.58. The minimum Gasteiger partial charge on any atom is -0.371 e. The molecule has 12 heteroatoms. The molecule has 0 unspecified atom stereocenters. The number of hydrogen-bond donors (Lipinski definition) is 1. The maximum absolute atomic E-state index is 13.5. The first-order valence-electron chi connectivity index (χ1n) is 10.1. The second-order valence-corrected chi connectivity index (χ2v) is 8.22. The van der Waals surface area contributed by atoms with Gasteiger partial charge in [-0.25, -0.2) is 23.4 Å². The smallest absolute Gasteiger partial charge is 0.371 e. The van der Waals surface area contributed by atoms with E-state index >= 15 is 0 Å². The van der Waals surface area contributed by atoms with Crippen LogP contribution in [0.2, 0.25) is 0 Å². The Hall–Kier alpha value is -2.11. The molecule has 0 spiro atoms. The van der Waals surface area contributed by atoms with E-state index < -0.39 is 18.6 Å². The van der Waals surface area contributed by atoms with Gasteiger partial charge in [-0.1, -0.05) is 18.7 Å². The number of nitrogens with one attached hydrogen (secondary N) is 1. The van der Waals surface area contributed by atoms with Crippen molar-refractivity contribution in [2.24, 2.45) is 0 Å². The van der Waals surface area contributed by atoms with Gasteiger partial charge in [-0.3, -0.25) is 0 Å². The maximum atomic E-state index is 13.5. The zero-order valence-corrected chi connectivity index (χ0v) is 18.2. The number of pyridine rings is 1. The molecule has 1 N–H and O–H groups in total. The molecule has 3 rings (SSSR count). The first kappa shape index (κ1) is 23.6. The van der Waals surface area contributed by atoms with E-state index in [1.165, 1.54) is 17.8 Å². The van der Waals surface area contributed by atoms with Gasteiger partial charge < -0.3 is 10.2 Å². The number of halogens is 5. The molecule has 3 heterocycles. The Bertz CT molecular complexity index is 854. The van der Waals surface area contributed by atoms with Gasteiger partial charge in [-0.2, -0.15) is 13.2 Å². The van der Waals surface area contributed by atoms with Crippen LogP contribution in [0.3, 0.4) is 0 Å². The first-order valence-corrected chi connectivity index (χ1v) is 11.1. The van der Waals surface area contributed by atoms with Crippen LogP contribution in [0.15, 0.2) is 17.3 Å². The second-order valence-electron chi connectivity index (χ2n) is 7.28. The van der Waals surface area contributed by atoms with Gasteiger partial charge >= 0.3 is 6.18 Å². The molecular formula is C19H25F5N6S. The van der Waals surface area contributed by atoms with Crippen molar-refractivity contribution in [3.8, 4) is 0 Å². The fourth-order valence-electron chi connectivity index (χ4n) is 3.27. The molecular weight excluding hydrogens is 439 g/mol. The lowest BCUT2D eigenvalue weighted by Crippen LogP contribution is -2.39. The summed E-state index contributed by atoms with van der Waals surface area (Å²) < 4.78 is 66.8. The average Bonchev–Trinajstić information content (AvgIpc) is 3.12. The van der Waals surface area contributed by atoms with Gasteiger partial charge in [0.2, 0.25) is 5.16 Å². The van der Waals surface area contributed by atoms with Crippen LogP contribution in [0, 0.1) is 0 Å². The van der Waals surface area contributed by atoms with Crippen molar-refractivity contribution in [3.05, 3.63) is 23.7 Å². The highest BCUT2D eigenvalue weighted by molar-refractivity contribution is 7.98. The van der Waals surface area contributed by atoms with Crippen LogP contribution in [-0.2, 0) is 18.7 Å². The number of nitrogens with zero attached hydrogens (tertiary/aromatic N) is 5. The van der Waals surface area contributed by atoms with Crippen LogP contribution in [-0.4, -0.2) is 51.5 Å². The minimum atomic E-state index is -4.40. The fourth-order valence-corrected chi connectivity index (χ4v) is 4.02. The van der Waals surface area contributed by atoms with Crippen molar-refractivity contribution in [1.82, 2.24) is 19.7 Å². The summed E-state index contributed by atoms with van der Waals surface area (Å²) >= 11 is 1.33. The number of anilines is 2. The predicted molar refractivity (Wildman–Crippen MR) is 110 cm³/mol. The Labute approximate surface area is 181 Å². The molecule has 1 aliphatic rings. The van der Waals surface area contributed by atoms with Gasteiger partial charge in [0.1, 0.15) is 18.2 Å². The van der Waals surface area contributed by atoms with Gasteiger partial charge in [-0.05, 0) is 13.0 Å². The number of piperidine rings is 1. The Kier molecular flexibility index (Phi) is 7.28. The molecule has 6 nitrogen and oxygen atoms in total. The summed E-state index contributed by atoms with van der Waals surface area (Å²) in [5, 5.41) is 7.27. The van der Waals surface area contributed by atoms with E-state index in [4.69, 9.17) is 0 Å². The maximum Gasteiger partial charge on any atom is 0.405 e. The third-order valence-corrected chi connectivity index (χ3v) is 5.76. The fraction of sp³-hybridized carbons (Fsp3) is 0.632. The number of aryl methyl sites for hydroxylation is 2. The predicted octanol–water partition coefficient (Wildman–Crippen LogP) is 4.76.